The summed E-state index contributed by atoms with van der Waals surface area (Å²) in [4.78, 5) is 14.3. The quantitative estimate of drug-likeness (QED) is 0.752. The average Bonchev–Trinajstić information content (AvgIpc) is 2.45. The van der Waals surface area contributed by atoms with Crippen LogP contribution in [0.3, 0.4) is 0 Å². The van der Waals surface area contributed by atoms with Crippen LogP contribution in [0.25, 0.3) is 0 Å². The van der Waals surface area contributed by atoms with Gasteiger partial charge in [0.15, 0.2) is 0 Å². The van der Waals surface area contributed by atoms with Crippen LogP contribution < -0.4 is 11.1 Å². The molecule has 1 rings (SSSR count). The molecule has 20 heavy (non-hydrogen) atoms. The summed E-state index contributed by atoms with van der Waals surface area (Å²) in [5.74, 6) is 0.0941. The van der Waals surface area contributed by atoms with Crippen LogP contribution in [0.15, 0.2) is 24.3 Å². The molecule has 1 amide bonds. The Labute approximate surface area is 122 Å². The summed E-state index contributed by atoms with van der Waals surface area (Å²) in [6, 6.07) is 7.90. The normalized spacial score (nSPS) is 14.1. The van der Waals surface area contributed by atoms with Crippen molar-refractivity contribution in [2.45, 2.75) is 52.7 Å². The molecule has 112 valence electrons. The van der Waals surface area contributed by atoms with Gasteiger partial charge >= 0.3 is 0 Å². The second-order valence-electron chi connectivity index (χ2n) is 5.30. The summed E-state index contributed by atoms with van der Waals surface area (Å²) in [6.07, 6.45) is 0.947. The van der Waals surface area contributed by atoms with E-state index in [9.17, 15) is 4.79 Å². The molecule has 0 radical (unpaired) electrons. The zero-order chi connectivity index (χ0) is 15.1. The number of benzene rings is 1. The van der Waals surface area contributed by atoms with E-state index in [1.54, 1.807) is 0 Å². The van der Waals surface area contributed by atoms with Crippen molar-refractivity contribution in [2.24, 2.45) is 0 Å². The van der Waals surface area contributed by atoms with Gasteiger partial charge in [-0.2, -0.15) is 0 Å². The Morgan fingerprint density at radius 1 is 1.25 bits per heavy atom. The Hall–Kier alpha value is -1.55. The Balaban J connectivity index is 2.65. The Morgan fingerprint density at radius 3 is 2.35 bits per heavy atom. The van der Waals surface area contributed by atoms with E-state index >= 15 is 0 Å². The van der Waals surface area contributed by atoms with Crippen molar-refractivity contribution in [3.63, 3.8) is 0 Å². The fourth-order valence-corrected chi connectivity index (χ4v) is 2.01. The third kappa shape index (κ3) is 4.85. The fourth-order valence-electron chi connectivity index (χ4n) is 2.01. The van der Waals surface area contributed by atoms with Gasteiger partial charge < -0.3 is 11.1 Å². The van der Waals surface area contributed by atoms with Gasteiger partial charge in [0, 0.05) is 18.3 Å². The van der Waals surface area contributed by atoms with E-state index < -0.39 is 0 Å². The Kier molecular flexibility index (Phi) is 6.52. The molecule has 1 aromatic rings. The highest BCUT2D eigenvalue weighted by Gasteiger charge is 2.20. The van der Waals surface area contributed by atoms with Crippen LogP contribution in [0.4, 0.5) is 5.69 Å². The molecule has 2 atom stereocenters. The summed E-state index contributed by atoms with van der Waals surface area (Å²) in [6.45, 7) is 9.72. The van der Waals surface area contributed by atoms with Gasteiger partial charge in [0.05, 0.1) is 6.04 Å². The topological polar surface area (TPSA) is 58.4 Å². The largest absolute Gasteiger partial charge is 0.399 e. The number of nitrogens with one attached hydrogen (secondary N) is 1. The highest BCUT2D eigenvalue weighted by atomic mass is 16.2. The van der Waals surface area contributed by atoms with E-state index in [1.807, 2.05) is 38.1 Å². The first-order valence-electron chi connectivity index (χ1n) is 7.36. The number of amides is 1. The molecule has 0 saturated carbocycles. The van der Waals surface area contributed by atoms with Crippen LogP contribution in [0.1, 0.15) is 39.7 Å². The monoisotopic (exact) mass is 277 g/mol. The summed E-state index contributed by atoms with van der Waals surface area (Å²) < 4.78 is 0. The summed E-state index contributed by atoms with van der Waals surface area (Å²) in [7, 11) is 0. The molecule has 0 aromatic heterocycles. The number of hydrogen-bond donors (Lipinski definition) is 2. The molecule has 2 unspecified atom stereocenters. The van der Waals surface area contributed by atoms with E-state index in [2.05, 4.69) is 24.1 Å². The van der Waals surface area contributed by atoms with Gasteiger partial charge in [-0.15, -0.1) is 0 Å². The van der Waals surface area contributed by atoms with Gasteiger partial charge in [-0.25, -0.2) is 0 Å². The van der Waals surface area contributed by atoms with Crippen molar-refractivity contribution in [2.75, 3.05) is 12.3 Å². The zero-order valence-electron chi connectivity index (χ0n) is 13.0. The lowest BCUT2D eigenvalue weighted by Crippen LogP contribution is -2.47. The first-order chi connectivity index (χ1) is 9.47. The Bertz CT molecular complexity index is 416. The lowest BCUT2D eigenvalue weighted by molar-refractivity contribution is -0.126. The van der Waals surface area contributed by atoms with E-state index in [0.717, 1.165) is 25.2 Å². The number of carbonyl (C=O) groups is 1. The third-order valence-corrected chi connectivity index (χ3v) is 3.70. The molecule has 0 aliphatic heterocycles. The van der Waals surface area contributed by atoms with Crippen LogP contribution in [-0.2, 0) is 11.3 Å². The van der Waals surface area contributed by atoms with Crippen molar-refractivity contribution < 1.29 is 4.79 Å². The van der Waals surface area contributed by atoms with Crippen molar-refractivity contribution in [3.05, 3.63) is 29.8 Å². The van der Waals surface area contributed by atoms with Crippen molar-refractivity contribution in [3.8, 4) is 0 Å². The molecule has 4 heteroatoms. The molecule has 0 heterocycles. The number of anilines is 1. The van der Waals surface area contributed by atoms with Gasteiger partial charge in [0.25, 0.3) is 0 Å². The van der Waals surface area contributed by atoms with Crippen LogP contribution in [0.5, 0.6) is 0 Å². The van der Waals surface area contributed by atoms with Crippen LogP contribution in [0.2, 0.25) is 0 Å². The first kappa shape index (κ1) is 16.5. The predicted molar refractivity (Wildman–Crippen MR) is 84.3 cm³/mol. The number of nitrogens with two attached hydrogens (primary N) is 1. The molecule has 1 aromatic carbocycles. The number of likely N-dealkylation sites (N-methyl/N-ethyl adjacent to an activating group) is 1. The summed E-state index contributed by atoms with van der Waals surface area (Å²) in [5, 5.41) is 3.04. The second kappa shape index (κ2) is 7.90. The van der Waals surface area contributed by atoms with Crippen molar-refractivity contribution in [1.82, 2.24) is 10.2 Å². The second-order valence-corrected chi connectivity index (χ2v) is 5.30. The predicted octanol–water partition coefficient (Wildman–Crippen LogP) is 2.39. The smallest absolute Gasteiger partial charge is 0.237 e. The first-order valence-corrected chi connectivity index (χ1v) is 7.36. The number of carbonyl (C=O) groups excluding carboxylic acids is 1. The van der Waals surface area contributed by atoms with E-state index in [0.29, 0.717) is 0 Å². The molecule has 0 aliphatic carbocycles. The van der Waals surface area contributed by atoms with Gasteiger partial charge in [0.2, 0.25) is 5.91 Å². The molecular formula is C16H27N3O. The van der Waals surface area contributed by atoms with Crippen molar-refractivity contribution in [1.29, 1.82) is 0 Å². The molecule has 0 saturated heterocycles. The number of rotatable bonds is 7. The molecule has 0 spiro atoms. The molecular weight excluding hydrogens is 250 g/mol. The maximum Gasteiger partial charge on any atom is 0.237 e. The number of nitrogen functional groups attached to an aromatic ring is 1. The van der Waals surface area contributed by atoms with E-state index in [4.69, 9.17) is 5.73 Å². The average molecular weight is 277 g/mol. The highest BCUT2D eigenvalue weighted by molar-refractivity contribution is 5.81. The lowest BCUT2D eigenvalue weighted by Gasteiger charge is -2.28. The molecule has 3 N–H and O–H groups in total. The fraction of sp³-hybridized carbons (Fsp3) is 0.562. The number of hydrogen-bond acceptors (Lipinski definition) is 3. The van der Waals surface area contributed by atoms with Crippen molar-refractivity contribution >= 4 is 11.6 Å². The van der Waals surface area contributed by atoms with Gasteiger partial charge in [-0.3, -0.25) is 9.69 Å². The van der Waals surface area contributed by atoms with Gasteiger partial charge in [0.1, 0.15) is 0 Å². The molecule has 4 nitrogen and oxygen atoms in total. The lowest BCUT2D eigenvalue weighted by atomic mass is 10.1. The molecule has 0 fully saturated rings. The summed E-state index contributed by atoms with van der Waals surface area (Å²) >= 11 is 0. The molecule has 0 bridgehead atoms. The minimum atomic E-state index is -0.133. The minimum absolute atomic E-state index is 0.0941. The zero-order valence-corrected chi connectivity index (χ0v) is 13.0. The van der Waals surface area contributed by atoms with E-state index in [-0.39, 0.29) is 18.0 Å². The van der Waals surface area contributed by atoms with Crippen LogP contribution in [0, 0.1) is 0 Å². The third-order valence-electron chi connectivity index (χ3n) is 3.70. The van der Waals surface area contributed by atoms with Gasteiger partial charge in [-0.05, 0) is 44.5 Å². The van der Waals surface area contributed by atoms with Crippen LogP contribution in [-0.4, -0.2) is 29.4 Å². The summed E-state index contributed by atoms with van der Waals surface area (Å²) in [5.41, 5.74) is 7.62. The Morgan fingerprint density at radius 2 is 1.85 bits per heavy atom. The van der Waals surface area contributed by atoms with Crippen LogP contribution >= 0.6 is 0 Å². The molecule has 0 aliphatic rings. The minimum Gasteiger partial charge on any atom is -0.399 e. The van der Waals surface area contributed by atoms with E-state index in [1.165, 1.54) is 5.56 Å². The number of nitrogens with zero attached hydrogens (tertiary/aromatic N) is 1. The maximum absolute atomic E-state index is 12.2. The highest BCUT2D eigenvalue weighted by Crippen LogP contribution is 2.11. The SMILES string of the molecule is CCC(C)NC(=O)C(C)N(CC)Cc1ccc(N)cc1. The standard InChI is InChI=1S/C16H27N3O/c1-5-12(3)18-16(20)13(4)19(6-2)11-14-7-9-15(17)10-8-14/h7-10,12-13H,5-6,11,17H2,1-4H3,(H,18,20). The van der Waals surface area contributed by atoms with Gasteiger partial charge in [-0.1, -0.05) is 26.0 Å². The maximum atomic E-state index is 12.2.